The van der Waals surface area contributed by atoms with Crippen LogP contribution in [0.25, 0.3) is 0 Å². The first-order valence-corrected chi connectivity index (χ1v) is 6.83. The molecule has 2 nitrogen and oxygen atoms in total. The van der Waals surface area contributed by atoms with Gasteiger partial charge in [-0.3, -0.25) is 4.79 Å². The molecule has 0 aliphatic rings. The molecule has 0 radical (unpaired) electrons. The highest BCUT2D eigenvalue weighted by Gasteiger charge is 2.27. The van der Waals surface area contributed by atoms with Gasteiger partial charge in [-0.15, -0.1) is 0 Å². The summed E-state index contributed by atoms with van der Waals surface area (Å²) in [6.45, 7) is 7.41. The van der Waals surface area contributed by atoms with Crippen molar-refractivity contribution < 1.29 is 14.3 Å². The van der Waals surface area contributed by atoms with Gasteiger partial charge in [-0.2, -0.15) is 0 Å². The average Bonchev–Trinajstić information content (AvgIpc) is 2.32. The van der Waals surface area contributed by atoms with Crippen LogP contribution in [0.5, 0.6) is 0 Å². The normalized spacial score (nSPS) is 11.9. The molecule has 1 N–H and O–H groups in total. The van der Waals surface area contributed by atoms with Crippen molar-refractivity contribution in [3.63, 3.8) is 0 Å². The van der Waals surface area contributed by atoms with E-state index in [-0.39, 0.29) is 11.7 Å². The highest BCUT2D eigenvalue weighted by Crippen LogP contribution is 2.28. The molecule has 1 aromatic carbocycles. The molecule has 0 unspecified atom stereocenters. The van der Waals surface area contributed by atoms with Gasteiger partial charge >= 0.3 is 5.97 Å². The van der Waals surface area contributed by atoms with Crippen molar-refractivity contribution in [2.24, 2.45) is 5.41 Å². The van der Waals surface area contributed by atoms with Crippen LogP contribution in [0.3, 0.4) is 0 Å². The van der Waals surface area contributed by atoms with Gasteiger partial charge in [0.15, 0.2) is 0 Å². The third-order valence-corrected chi connectivity index (χ3v) is 3.72. The maximum absolute atomic E-state index is 14.1. The summed E-state index contributed by atoms with van der Waals surface area (Å²) in [6.07, 6.45) is 2.16. The fourth-order valence-electron chi connectivity index (χ4n) is 2.33. The first-order valence-electron chi connectivity index (χ1n) is 6.83. The summed E-state index contributed by atoms with van der Waals surface area (Å²) in [4.78, 5) is 11.1. The SMILES string of the molecule is CCC(CC)c1ccc(CC(C)(C)C(=O)O)cc1F. The van der Waals surface area contributed by atoms with Crippen molar-refractivity contribution in [3.8, 4) is 0 Å². The molecule has 0 heterocycles. The highest BCUT2D eigenvalue weighted by atomic mass is 19.1. The van der Waals surface area contributed by atoms with Crippen LogP contribution < -0.4 is 0 Å². The highest BCUT2D eigenvalue weighted by molar-refractivity contribution is 5.74. The number of rotatable bonds is 6. The van der Waals surface area contributed by atoms with E-state index in [4.69, 9.17) is 5.11 Å². The van der Waals surface area contributed by atoms with Crippen LogP contribution in [0.2, 0.25) is 0 Å². The smallest absolute Gasteiger partial charge is 0.309 e. The van der Waals surface area contributed by atoms with Crippen LogP contribution in [0.4, 0.5) is 4.39 Å². The van der Waals surface area contributed by atoms with Crippen molar-refractivity contribution in [1.82, 2.24) is 0 Å². The van der Waals surface area contributed by atoms with E-state index in [9.17, 15) is 9.18 Å². The van der Waals surface area contributed by atoms with E-state index >= 15 is 0 Å². The topological polar surface area (TPSA) is 37.3 Å². The second-order valence-corrected chi connectivity index (χ2v) is 5.74. The van der Waals surface area contributed by atoms with Gasteiger partial charge < -0.3 is 5.11 Å². The van der Waals surface area contributed by atoms with Gasteiger partial charge in [0, 0.05) is 0 Å². The number of aliphatic carboxylic acids is 1. The Morgan fingerprint density at radius 1 is 1.32 bits per heavy atom. The van der Waals surface area contributed by atoms with E-state index in [1.165, 1.54) is 6.07 Å². The van der Waals surface area contributed by atoms with Gasteiger partial charge in [-0.05, 0) is 56.2 Å². The molecule has 0 saturated carbocycles. The van der Waals surface area contributed by atoms with Crippen LogP contribution in [-0.4, -0.2) is 11.1 Å². The number of hydrogen-bond acceptors (Lipinski definition) is 1. The van der Waals surface area contributed by atoms with Crippen LogP contribution in [-0.2, 0) is 11.2 Å². The summed E-state index contributed by atoms with van der Waals surface area (Å²) in [5, 5.41) is 9.10. The fourth-order valence-corrected chi connectivity index (χ4v) is 2.33. The predicted molar refractivity (Wildman–Crippen MR) is 74.8 cm³/mol. The molecule has 0 fully saturated rings. The molecule has 1 aromatic rings. The molecule has 0 amide bonds. The minimum Gasteiger partial charge on any atom is -0.481 e. The van der Waals surface area contributed by atoms with Crippen molar-refractivity contribution >= 4 is 5.97 Å². The lowest BCUT2D eigenvalue weighted by molar-refractivity contribution is -0.146. The quantitative estimate of drug-likeness (QED) is 0.829. The lowest BCUT2D eigenvalue weighted by Gasteiger charge is -2.20. The van der Waals surface area contributed by atoms with Crippen LogP contribution in [0, 0.1) is 11.2 Å². The molecular weight excluding hydrogens is 243 g/mol. The lowest BCUT2D eigenvalue weighted by atomic mass is 9.84. The van der Waals surface area contributed by atoms with E-state index in [0.717, 1.165) is 24.0 Å². The van der Waals surface area contributed by atoms with Crippen LogP contribution in [0.1, 0.15) is 57.6 Å². The molecule has 106 valence electrons. The van der Waals surface area contributed by atoms with Gasteiger partial charge in [-0.25, -0.2) is 4.39 Å². The fraction of sp³-hybridized carbons (Fsp3) is 0.562. The molecule has 0 aromatic heterocycles. The predicted octanol–water partition coefficient (Wildman–Crippen LogP) is 4.38. The second kappa shape index (κ2) is 6.18. The minimum atomic E-state index is -0.872. The number of benzene rings is 1. The van der Waals surface area contributed by atoms with Gasteiger partial charge in [0.05, 0.1) is 5.41 Å². The van der Waals surface area contributed by atoms with Crippen molar-refractivity contribution in [1.29, 1.82) is 0 Å². The number of carboxylic acids is 1. The van der Waals surface area contributed by atoms with Crippen molar-refractivity contribution in [2.75, 3.05) is 0 Å². The van der Waals surface area contributed by atoms with Gasteiger partial charge in [0.2, 0.25) is 0 Å². The molecule has 0 aliphatic heterocycles. The van der Waals surface area contributed by atoms with E-state index in [2.05, 4.69) is 13.8 Å². The van der Waals surface area contributed by atoms with Crippen LogP contribution >= 0.6 is 0 Å². The van der Waals surface area contributed by atoms with E-state index < -0.39 is 11.4 Å². The second-order valence-electron chi connectivity index (χ2n) is 5.74. The van der Waals surface area contributed by atoms with E-state index in [1.54, 1.807) is 19.9 Å². The van der Waals surface area contributed by atoms with Crippen LogP contribution in [0.15, 0.2) is 18.2 Å². The molecule has 0 atom stereocenters. The molecule has 3 heteroatoms. The molecule has 0 spiro atoms. The molecule has 0 bridgehead atoms. The Morgan fingerprint density at radius 3 is 2.32 bits per heavy atom. The molecule has 0 saturated heterocycles. The zero-order valence-electron chi connectivity index (χ0n) is 12.2. The van der Waals surface area contributed by atoms with Gasteiger partial charge in [0.1, 0.15) is 5.82 Å². The lowest BCUT2D eigenvalue weighted by Crippen LogP contribution is -2.26. The van der Waals surface area contributed by atoms with E-state index in [0.29, 0.717) is 6.42 Å². The summed E-state index contributed by atoms with van der Waals surface area (Å²) in [6, 6.07) is 5.14. The minimum absolute atomic E-state index is 0.215. The number of hydrogen-bond donors (Lipinski definition) is 1. The molecular formula is C16H23FO2. The molecule has 0 aliphatic carbocycles. The number of halogens is 1. The van der Waals surface area contributed by atoms with Crippen molar-refractivity contribution in [3.05, 3.63) is 35.1 Å². The third-order valence-electron chi connectivity index (χ3n) is 3.72. The monoisotopic (exact) mass is 266 g/mol. The molecule has 1 rings (SSSR count). The largest absolute Gasteiger partial charge is 0.481 e. The van der Waals surface area contributed by atoms with Gasteiger partial charge in [-0.1, -0.05) is 26.0 Å². The summed E-state index contributed by atoms with van der Waals surface area (Å²) in [5.74, 6) is -0.842. The maximum atomic E-state index is 14.1. The summed E-state index contributed by atoms with van der Waals surface area (Å²) in [5.41, 5.74) is 0.601. The third kappa shape index (κ3) is 3.79. The first-order chi connectivity index (χ1) is 8.81. The Hall–Kier alpha value is -1.38. The Balaban J connectivity index is 2.97. The maximum Gasteiger partial charge on any atom is 0.309 e. The van der Waals surface area contributed by atoms with E-state index in [1.807, 2.05) is 6.07 Å². The Bertz CT molecular complexity index is 448. The first kappa shape index (κ1) is 15.7. The Kier molecular flexibility index (Phi) is 5.10. The summed E-state index contributed by atoms with van der Waals surface area (Å²) in [7, 11) is 0. The summed E-state index contributed by atoms with van der Waals surface area (Å²) >= 11 is 0. The van der Waals surface area contributed by atoms with Gasteiger partial charge in [0.25, 0.3) is 0 Å². The Morgan fingerprint density at radius 2 is 1.89 bits per heavy atom. The molecule has 19 heavy (non-hydrogen) atoms. The average molecular weight is 266 g/mol. The zero-order valence-corrected chi connectivity index (χ0v) is 12.2. The Labute approximate surface area is 114 Å². The summed E-state index contributed by atoms with van der Waals surface area (Å²) < 4.78 is 14.1. The number of carboxylic acid groups (broad SMARTS) is 1. The zero-order chi connectivity index (χ0) is 14.6. The number of carbonyl (C=O) groups is 1. The van der Waals surface area contributed by atoms with Crippen molar-refractivity contribution in [2.45, 2.75) is 52.9 Å². The standard InChI is InChI=1S/C16H23FO2/c1-5-12(6-2)13-8-7-11(9-14(13)17)10-16(3,4)15(18)19/h7-9,12H,5-6,10H2,1-4H3,(H,18,19).